The van der Waals surface area contributed by atoms with Gasteiger partial charge in [0, 0.05) is 37.5 Å². The summed E-state index contributed by atoms with van der Waals surface area (Å²) in [5.41, 5.74) is 1.68. The third kappa shape index (κ3) is 5.88. The maximum Gasteiger partial charge on any atom is 0.281 e. The number of amides is 2. The summed E-state index contributed by atoms with van der Waals surface area (Å²) in [5, 5.41) is 8.24. The van der Waals surface area contributed by atoms with Gasteiger partial charge in [-0.1, -0.05) is 30.3 Å². The van der Waals surface area contributed by atoms with Gasteiger partial charge in [-0.05, 0) is 63.8 Å². The average molecular weight is 530 g/mol. The molecule has 2 amide bonds. The van der Waals surface area contributed by atoms with E-state index >= 15 is 0 Å². The normalized spacial score (nSPS) is 13.6. The van der Waals surface area contributed by atoms with Crippen molar-refractivity contribution in [3.63, 3.8) is 0 Å². The number of nitrogens with one attached hydrogen (secondary N) is 1. The number of aromatic nitrogens is 2. The van der Waals surface area contributed by atoms with E-state index in [1.807, 2.05) is 35.2 Å². The van der Waals surface area contributed by atoms with E-state index in [1.165, 1.54) is 24.1 Å². The Balaban J connectivity index is 1.27. The molecule has 0 saturated carbocycles. The average Bonchev–Trinajstić information content (AvgIpc) is 2.86. The summed E-state index contributed by atoms with van der Waals surface area (Å²) in [5.74, 6) is 0.343. The van der Waals surface area contributed by atoms with Gasteiger partial charge in [0.1, 0.15) is 5.82 Å². The Bertz CT molecular complexity index is 1130. The molecule has 1 aliphatic heterocycles. The van der Waals surface area contributed by atoms with Gasteiger partial charge in [0.15, 0.2) is 11.5 Å². The molecule has 1 fully saturated rings. The first kappa shape index (κ1) is 23.2. The minimum atomic E-state index is -0.461. The predicted octanol–water partition coefficient (Wildman–Crippen LogP) is 3.92. The summed E-state index contributed by atoms with van der Waals surface area (Å²) in [6, 6.07) is 17.6. The number of benzene rings is 2. The molecule has 0 aliphatic carbocycles. The number of anilines is 1. The maximum absolute atomic E-state index is 13.8. The van der Waals surface area contributed by atoms with E-state index in [2.05, 4.69) is 30.8 Å². The Labute approximate surface area is 203 Å². The summed E-state index contributed by atoms with van der Waals surface area (Å²) in [7, 11) is 0. The van der Waals surface area contributed by atoms with Crippen LogP contribution < -0.4 is 9.62 Å². The largest absolute Gasteiger partial charge is 0.352 e. The number of rotatable bonds is 6. The summed E-state index contributed by atoms with van der Waals surface area (Å²) in [4.78, 5) is 28.6. The Hall–Kier alpha value is -2.98. The van der Waals surface area contributed by atoms with E-state index in [4.69, 9.17) is 0 Å². The molecule has 1 aromatic heterocycles. The third-order valence-corrected chi connectivity index (χ3v) is 6.64. The zero-order valence-electron chi connectivity index (χ0n) is 17.6. The van der Waals surface area contributed by atoms with Crippen LogP contribution >= 0.6 is 27.9 Å². The van der Waals surface area contributed by atoms with Crippen molar-refractivity contribution in [1.82, 2.24) is 19.8 Å². The number of carbonyl (C=O) groups is 2. The molecule has 0 spiro atoms. The highest BCUT2D eigenvalue weighted by Gasteiger charge is 2.24. The lowest BCUT2D eigenvalue weighted by atomic mass is 10.1. The topological polar surface area (TPSA) is 78.4 Å². The maximum atomic E-state index is 13.8. The van der Waals surface area contributed by atoms with Crippen LogP contribution in [0.25, 0.3) is 0 Å². The van der Waals surface area contributed by atoms with E-state index in [-0.39, 0.29) is 17.5 Å². The van der Waals surface area contributed by atoms with Gasteiger partial charge in [-0.15, -0.1) is 10.2 Å². The molecule has 0 radical (unpaired) electrons. The fourth-order valence-corrected chi connectivity index (χ4v) is 4.29. The van der Waals surface area contributed by atoms with Crippen LogP contribution in [0.5, 0.6) is 0 Å². The van der Waals surface area contributed by atoms with Gasteiger partial charge in [0.2, 0.25) is 0 Å². The van der Waals surface area contributed by atoms with E-state index in [0.29, 0.717) is 47.8 Å². The smallest absolute Gasteiger partial charge is 0.281 e. The van der Waals surface area contributed by atoms with Crippen LogP contribution in [0.15, 0.2) is 65.1 Å². The first-order valence-corrected chi connectivity index (χ1v) is 12.1. The molecule has 0 bridgehead atoms. The fourth-order valence-electron chi connectivity index (χ4n) is 3.38. The Morgan fingerprint density at radius 3 is 2.42 bits per heavy atom. The second kappa shape index (κ2) is 10.8. The number of hydrogen-bond acceptors (Lipinski definition) is 6. The van der Waals surface area contributed by atoms with Crippen LogP contribution in [0.1, 0.15) is 26.4 Å². The predicted molar refractivity (Wildman–Crippen MR) is 129 cm³/mol. The van der Waals surface area contributed by atoms with Crippen molar-refractivity contribution >= 4 is 45.5 Å². The summed E-state index contributed by atoms with van der Waals surface area (Å²) in [6.07, 6.45) is 0. The quantitative estimate of drug-likeness (QED) is 0.487. The number of carbonyl (C=O) groups excluding carboxylic acids is 2. The van der Waals surface area contributed by atoms with Crippen molar-refractivity contribution in [3.05, 3.63) is 87.8 Å². The molecule has 3 aromatic rings. The highest BCUT2D eigenvalue weighted by Crippen LogP contribution is 2.19. The van der Waals surface area contributed by atoms with Crippen LogP contribution in [-0.2, 0) is 5.75 Å². The minimum absolute atomic E-state index is 0.202. The van der Waals surface area contributed by atoms with Crippen LogP contribution in [0.3, 0.4) is 0 Å². The zero-order chi connectivity index (χ0) is 23.2. The summed E-state index contributed by atoms with van der Waals surface area (Å²) < 4.78 is 16.9. The molecule has 1 N–H and O–H groups in total. The molecule has 1 aliphatic rings. The SMILES string of the molecule is O=C(NSCc1ccccc1)c1ccc(N2CCN(C(=O)c3ccc(Br)c(F)c3)CC2)nn1. The van der Waals surface area contributed by atoms with Gasteiger partial charge in [-0.25, -0.2) is 4.39 Å². The highest BCUT2D eigenvalue weighted by atomic mass is 79.9. The summed E-state index contributed by atoms with van der Waals surface area (Å²) in [6.45, 7) is 2.10. The molecule has 2 aromatic carbocycles. The second-order valence-corrected chi connectivity index (χ2v) is 9.03. The van der Waals surface area contributed by atoms with Crippen molar-refractivity contribution in [1.29, 1.82) is 0 Å². The molecule has 2 heterocycles. The summed E-state index contributed by atoms with van der Waals surface area (Å²) >= 11 is 4.40. The molecule has 0 atom stereocenters. The van der Waals surface area contributed by atoms with E-state index in [1.54, 1.807) is 23.1 Å². The van der Waals surface area contributed by atoms with E-state index < -0.39 is 5.82 Å². The lowest BCUT2D eigenvalue weighted by molar-refractivity contribution is 0.0745. The van der Waals surface area contributed by atoms with E-state index in [0.717, 1.165) is 5.56 Å². The lowest BCUT2D eigenvalue weighted by Crippen LogP contribution is -2.49. The van der Waals surface area contributed by atoms with Crippen LogP contribution in [-0.4, -0.2) is 53.1 Å². The molecule has 4 rings (SSSR count). The first-order chi connectivity index (χ1) is 16.0. The fraction of sp³-hybridized carbons (Fsp3) is 0.217. The van der Waals surface area contributed by atoms with Crippen molar-refractivity contribution in [2.45, 2.75) is 5.75 Å². The Kier molecular flexibility index (Phi) is 7.56. The molecule has 170 valence electrons. The van der Waals surface area contributed by atoms with Crippen molar-refractivity contribution in [2.24, 2.45) is 0 Å². The molecular weight excluding hydrogens is 509 g/mol. The number of piperazine rings is 1. The van der Waals surface area contributed by atoms with Gasteiger partial charge in [0.05, 0.1) is 4.47 Å². The van der Waals surface area contributed by atoms with Crippen molar-refractivity contribution in [3.8, 4) is 0 Å². The van der Waals surface area contributed by atoms with Gasteiger partial charge in [-0.3, -0.25) is 14.3 Å². The highest BCUT2D eigenvalue weighted by molar-refractivity contribution is 9.10. The standard InChI is InChI=1S/C23H21BrFN5O2S/c24-18-7-6-17(14-19(18)25)23(32)30-12-10-29(11-13-30)21-9-8-20(26-27-21)22(31)28-33-15-16-4-2-1-3-5-16/h1-9,14H,10-13,15H2,(H,28,31). The number of hydrogen-bond donors (Lipinski definition) is 1. The molecule has 0 unspecified atom stereocenters. The second-order valence-electron chi connectivity index (χ2n) is 7.39. The van der Waals surface area contributed by atoms with Crippen molar-refractivity contribution in [2.75, 3.05) is 31.1 Å². The molecule has 7 nitrogen and oxygen atoms in total. The molecular formula is C23H21BrFN5O2S. The molecule has 33 heavy (non-hydrogen) atoms. The van der Waals surface area contributed by atoms with Gasteiger partial charge in [0.25, 0.3) is 11.8 Å². The van der Waals surface area contributed by atoms with Crippen LogP contribution in [0, 0.1) is 5.82 Å². The van der Waals surface area contributed by atoms with E-state index in [9.17, 15) is 14.0 Å². The first-order valence-electron chi connectivity index (χ1n) is 10.3. The number of halogens is 2. The van der Waals surface area contributed by atoms with Crippen LogP contribution in [0.4, 0.5) is 10.2 Å². The molecule has 10 heteroatoms. The van der Waals surface area contributed by atoms with Gasteiger partial charge >= 0.3 is 0 Å². The van der Waals surface area contributed by atoms with Crippen molar-refractivity contribution < 1.29 is 14.0 Å². The number of nitrogens with zero attached hydrogens (tertiary/aromatic N) is 4. The monoisotopic (exact) mass is 529 g/mol. The van der Waals surface area contributed by atoms with Crippen LogP contribution in [0.2, 0.25) is 0 Å². The molecule has 1 saturated heterocycles. The minimum Gasteiger partial charge on any atom is -0.352 e. The third-order valence-electron chi connectivity index (χ3n) is 5.19. The van der Waals surface area contributed by atoms with Gasteiger partial charge in [-0.2, -0.15) is 0 Å². The lowest BCUT2D eigenvalue weighted by Gasteiger charge is -2.35. The Morgan fingerprint density at radius 1 is 1.00 bits per heavy atom. The zero-order valence-corrected chi connectivity index (χ0v) is 20.0. The Morgan fingerprint density at radius 2 is 1.76 bits per heavy atom. The van der Waals surface area contributed by atoms with Gasteiger partial charge < -0.3 is 9.80 Å².